The van der Waals surface area contributed by atoms with E-state index in [1.165, 1.54) is 6.42 Å². The predicted molar refractivity (Wildman–Crippen MR) is 55.9 cm³/mol. The van der Waals surface area contributed by atoms with Gasteiger partial charge >= 0.3 is 0 Å². The molecule has 0 aliphatic carbocycles. The molecule has 2 aliphatic heterocycles. The average molecular weight is 196 g/mol. The summed E-state index contributed by atoms with van der Waals surface area (Å²) < 4.78 is 0. The smallest absolute Gasteiger partial charge is 0.228 e. The molecule has 0 radical (unpaired) electrons. The van der Waals surface area contributed by atoms with Crippen molar-refractivity contribution < 1.29 is 4.79 Å². The minimum Gasteiger partial charge on any atom is -0.340 e. The Morgan fingerprint density at radius 1 is 1.36 bits per heavy atom. The second-order valence-electron chi connectivity index (χ2n) is 5.57. The maximum atomic E-state index is 12.0. The Morgan fingerprint density at radius 2 is 2.07 bits per heavy atom. The first-order chi connectivity index (χ1) is 6.48. The summed E-state index contributed by atoms with van der Waals surface area (Å²) in [6.45, 7) is 9.01. The van der Waals surface area contributed by atoms with Crippen molar-refractivity contribution >= 4 is 5.91 Å². The van der Waals surface area contributed by atoms with E-state index in [0.29, 0.717) is 17.9 Å². The van der Waals surface area contributed by atoms with E-state index in [4.69, 9.17) is 0 Å². The summed E-state index contributed by atoms with van der Waals surface area (Å²) in [7, 11) is 0. The number of nitrogens with one attached hydrogen (secondary N) is 1. The van der Waals surface area contributed by atoms with Gasteiger partial charge in [-0.15, -0.1) is 0 Å². The number of fused-ring (bicyclic) bond motifs is 1. The summed E-state index contributed by atoms with van der Waals surface area (Å²) in [5, 5.41) is 3.46. The number of likely N-dealkylation sites (tertiary alicyclic amines) is 1. The van der Waals surface area contributed by atoms with Crippen LogP contribution in [0, 0.1) is 11.3 Å². The van der Waals surface area contributed by atoms with Crippen LogP contribution >= 0.6 is 0 Å². The quantitative estimate of drug-likeness (QED) is 0.623. The van der Waals surface area contributed by atoms with Gasteiger partial charge in [0.15, 0.2) is 0 Å². The first-order valence-corrected chi connectivity index (χ1v) is 5.51. The molecular formula is C11H20N2O. The lowest BCUT2D eigenvalue weighted by Crippen LogP contribution is -2.40. The van der Waals surface area contributed by atoms with Gasteiger partial charge in [0.1, 0.15) is 0 Å². The van der Waals surface area contributed by atoms with Crippen LogP contribution in [0.4, 0.5) is 0 Å². The van der Waals surface area contributed by atoms with Crippen molar-refractivity contribution in [2.45, 2.75) is 33.2 Å². The molecule has 2 rings (SSSR count). The highest BCUT2D eigenvalue weighted by atomic mass is 16.2. The molecule has 2 aliphatic rings. The molecular weight excluding hydrogens is 176 g/mol. The number of nitrogens with zero attached hydrogens (tertiary/aromatic N) is 1. The number of rotatable bonds is 0. The molecule has 14 heavy (non-hydrogen) atoms. The van der Waals surface area contributed by atoms with Crippen LogP contribution < -0.4 is 5.32 Å². The lowest BCUT2D eigenvalue weighted by Gasteiger charge is -2.26. The van der Waals surface area contributed by atoms with Crippen molar-refractivity contribution in [3.8, 4) is 0 Å². The zero-order valence-corrected chi connectivity index (χ0v) is 9.34. The van der Waals surface area contributed by atoms with Crippen molar-refractivity contribution in [3.63, 3.8) is 0 Å². The van der Waals surface area contributed by atoms with Gasteiger partial charge in [-0.2, -0.15) is 0 Å². The third-order valence-electron chi connectivity index (χ3n) is 3.29. The molecule has 80 valence electrons. The molecule has 1 amide bonds. The van der Waals surface area contributed by atoms with E-state index in [1.807, 2.05) is 25.7 Å². The average Bonchev–Trinajstić information content (AvgIpc) is 2.58. The molecule has 2 fully saturated rings. The third-order valence-corrected chi connectivity index (χ3v) is 3.29. The molecule has 0 saturated carbocycles. The monoisotopic (exact) mass is 196 g/mol. The van der Waals surface area contributed by atoms with E-state index < -0.39 is 0 Å². The predicted octanol–water partition coefficient (Wildman–Crippen LogP) is 0.853. The van der Waals surface area contributed by atoms with Gasteiger partial charge in [-0.25, -0.2) is 0 Å². The molecule has 2 atom stereocenters. The van der Waals surface area contributed by atoms with Gasteiger partial charge in [-0.1, -0.05) is 20.8 Å². The Balaban J connectivity index is 1.99. The Morgan fingerprint density at radius 3 is 2.64 bits per heavy atom. The number of hydrogen-bond donors (Lipinski definition) is 1. The van der Waals surface area contributed by atoms with Crippen molar-refractivity contribution in [1.82, 2.24) is 10.2 Å². The lowest BCUT2D eigenvalue weighted by molar-refractivity contribution is -0.138. The molecule has 3 nitrogen and oxygen atoms in total. The van der Waals surface area contributed by atoms with E-state index in [1.54, 1.807) is 0 Å². The highest BCUT2D eigenvalue weighted by Crippen LogP contribution is 2.28. The van der Waals surface area contributed by atoms with Crippen molar-refractivity contribution in [2.24, 2.45) is 11.3 Å². The van der Waals surface area contributed by atoms with Crippen LogP contribution in [0.25, 0.3) is 0 Å². The molecule has 0 bridgehead atoms. The number of carbonyl (C=O) groups is 1. The fraction of sp³-hybridized carbons (Fsp3) is 0.909. The molecule has 1 N–H and O–H groups in total. The molecule has 3 heteroatoms. The molecule has 0 unspecified atom stereocenters. The molecule has 2 heterocycles. The van der Waals surface area contributed by atoms with Crippen molar-refractivity contribution in [2.75, 3.05) is 19.6 Å². The molecule has 0 spiro atoms. The fourth-order valence-electron chi connectivity index (χ4n) is 2.49. The second kappa shape index (κ2) is 3.23. The van der Waals surface area contributed by atoms with Crippen LogP contribution in [0.3, 0.4) is 0 Å². The first-order valence-electron chi connectivity index (χ1n) is 5.51. The van der Waals surface area contributed by atoms with Gasteiger partial charge in [-0.3, -0.25) is 4.79 Å². The number of carbonyl (C=O) groups excluding carboxylic acids is 1. The molecule has 2 saturated heterocycles. The van der Waals surface area contributed by atoms with Crippen LogP contribution in [0.5, 0.6) is 0 Å². The number of amides is 1. The molecule has 0 aromatic heterocycles. The molecule has 0 aromatic carbocycles. The maximum Gasteiger partial charge on any atom is 0.228 e. The zero-order valence-electron chi connectivity index (χ0n) is 9.34. The van der Waals surface area contributed by atoms with Gasteiger partial charge in [0.05, 0.1) is 0 Å². The Kier molecular flexibility index (Phi) is 2.30. The summed E-state index contributed by atoms with van der Waals surface area (Å²) >= 11 is 0. The van der Waals surface area contributed by atoms with Crippen LogP contribution in [-0.4, -0.2) is 36.5 Å². The standard InChI is InChI=1S/C11H20N2O/c1-11(2,3)10(14)13-6-8-4-5-12-9(8)7-13/h8-9,12H,4-7H2,1-3H3/t8-,9+/m0/s1. The lowest BCUT2D eigenvalue weighted by atomic mass is 9.95. The summed E-state index contributed by atoms with van der Waals surface area (Å²) in [4.78, 5) is 14.0. The Labute approximate surface area is 85.8 Å². The van der Waals surface area contributed by atoms with Gasteiger partial charge in [0.2, 0.25) is 5.91 Å². The van der Waals surface area contributed by atoms with Crippen LogP contribution in [0.2, 0.25) is 0 Å². The minimum atomic E-state index is -0.224. The largest absolute Gasteiger partial charge is 0.340 e. The van der Waals surface area contributed by atoms with E-state index in [-0.39, 0.29) is 5.41 Å². The van der Waals surface area contributed by atoms with Gasteiger partial charge in [-0.05, 0) is 18.9 Å². The summed E-state index contributed by atoms with van der Waals surface area (Å²) in [5.41, 5.74) is -0.224. The Bertz CT molecular complexity index is 232. The highest BCUT2D eigenvalue weighted by Gasteiger charge is 2.40. The SMILES string of the molecule is CC(C)(C)C(=O)N1C[C@@H]2CCN[C@@H]2C1. The first kappa shape index (κ1) is 9.97. The second-order valence-corrected chi connectivity index (χ2v) is 5.57. The third kappa shape index (κ3) is 1.65. The van der Waals surface area contributed by atoms with Crippen LogP contribution in [-0.2, 0) is 4.79 Å². The van der Waals surface area contributed by atoms with E-state index in [9.17, 15) is 4.79 Å². The van der Waals surface area contributed by atoms with Gasteiger partial charge in [0.25, 0.3) is 0 Å². The topological polar surface area (TPSA) is 32.3 Å². The summed E-state index contributed by atoms with van der Waals surface area (Å²) in [6.07, 6.45) is 1.23. The Hall–Kier alpha value is -0.570. The van der Waals surface area contributed by atoms with Crippen LogP contribution in [0.15, 0.2) is 0 Å². The maximum absolute atomic E-state index is 12.0. The van der Waals surface area contributed by atoms with E-state index in [2.05, 4.69) is 5.32 Å². The summed E-state index contributed by atoms with van der Waals surface area (Å²) in [5.74, 6) is 1.01. The highest BCUT2D eigenvalue weighted by molar-refractivity contribution is 5.81. The van der Waals surface area contributed by atoms with E-state index in [0.717, 1.165) is 19.6 Å². The minimum absolute atomic E-state index is 0.224. The van der Waals surface area contributed by atoms with E-state index >= 15 is 0 Å². The number of hydrogen-bond acceptors (Lipinski definition) is 2. The molecule has 0 aromatic rings. The van der Waals surface area contributed by atoms with Crippen molar-refractivity contribution in [3.05, 3.63) is 0 Å². The normalized spacial score (nSPS) is 32.1. The summed E-state index contributed by atoms with van der Waals surface area (Å²) in [6, 6.07) is 0.571. The van der Waals surface area contributed by atoms with Crippen molar-refractivity contribution in [1.29, 1.82) is 0 Å². The van der Waals surface area contributed by atoms with Gasteiger partial charge in [0, 0.05) is 24.5 Å². The van der Waals surface area contributed by atoms with Crippen LogP contribution in [0.1, 0.15) is 27.2 Å². The van der Waals surface area contributed by atoms with Gasteiger partial charge < -0.3 is 10.2 Å². The fourth-order valence-corrected chi connectivity index (χ4v) is 2.49. The zero-order chi connectivity index (χ0) is 10.3.